The highest BCUT2D eigenvalue weighted by Crippen LogP contribution is 2.26. The summed E-state index contributed by atoms with van der Waals surface area (Å²) in [4.78, 5) is 10.5. The van der Waals surface area contributed by atoms with Crippen molar-refractivity contribution in [1.29, 1.82) is 0 Å². The molecule has 1 aromatic rings. The lowest BCUT2D eigenvalue weighted by Crippen LogP contribution is -2.35. The zero-order chi connectivity index (χ0) is 12.4. The molecule has 0 radical (unpaired) electrons. The first kappa shape index (κ1) is 12.5. The van der Waals surface area contributed by atoms with Gasteiger partial charge in [-0.2, -0.15) is 13.2 Å². The van der Waals surface area contributed by atoms with Crippen LogP contribution in [0.5, 0.6) is 0 Å². The zero-order valence-electron chi connectivity index (χ0n) is 8.28. The third-order valence-corrected chi connectivity index (χ3v) is 1.83. The van der Waals surface area contributed by atoms with Gasteiger partial charge in [-0.3, -0.25) is 0 Å². The average Bonchev–Trinajstić information content (AvgIpc) is 2.17. The van der Waals surface area contributed by atoms with Crippen LogP contribution >= 0.6 is 0 Å². The lowest BCUT2D eigenvalue weighted by Gasteiger charge is -2.24. The Labute approximate surface area is 89.5 Å². The molecular weight excluding hydrogens is 225 g/mol. The molecule has 6 heteroatoms. The number of benzene rings is 1. The number of carbonyl (C=O) groups is 1. The van der Waals surface area contributed by atoms with Crippen LogP contribution in [0.2, 0.25) is 0 Å². The normalized spacial score (nSPS) is 15.3. The minimum Gasteiger partial charge on any atom is -0.422 e. The van der Waals surface area contributed by atoms with Crippen LogP contribution in [0.15, 0.2) is 30.3 Å². The Kier molecular flexibility index (Phi) is 3.23. The van der Waals surface area contributed by atoms with Gasteiger partial charge in [0.15, 0.2) is 0 Å². The summed E-state index contributed by atoms with van der Waals surface area (Å²) in [7, 11) is 0. The Bertz CT molecular complexity index is 371. The van der Waals surface area contributed by atoms with Gasteiger partial charge in [0.05, 0.1) is 0 Å². The molecule has 3 nitrogen and oxygen atoms in total. The molecule has 1 aromatic carbocycles. The summed E-state index contributed by atoms with van der Waals surface area (Å²) in [5, 5.41) is 9.58. The predicted molar refractivity (Wildman–Crippen MR) is 48.2 cm³/mol. The summed E-state index contributed by atoms with van der Waals surface area (Å²) >= 11 is 0. The molecular formula is C10H9F3O3. The standard InChI is InChI=1S/C10H9F3O3/c1-9(15,7-5-3-2-4-6-7)16-8(14)10(11,12)13/h2-6,15H,1H3. The number of ether oxygens (including phenoxy) is 1. The molecule has 1 N–H and O–H groups in total. The number of alkyl halides is 3. The van der Waals surface area contributed by atoms with Crippen LogP contribution in [0.4, 0.5) is 13.2 Å². The van der Waals surface area contributed by atoms with Gasteiger partial charge in [-0.15, -0.1) is 0 Å². The fourth-order valence-electron chi connectivity index (χ4n) is 1.04. The first-order chi connectivity index (χ1) is 7.23. The van der Waals surface area contributed by atoms with Gasteiger partial charge in [-0.05, 0) is 0 Å². The molecule has 1 rings (SSSR count). The summed E-state index contributed by atoms with van der Waals surface area (Å²) in [6.07, 6.45) is -5.13. The van der Waals surface area contributed by atoms with Crippen LogP contribution in [0.25, 0.3) is 0 Å². The van der Waals surface area contributed by atoms with Crippen molar-refractivity contribution < 1.29 is 27.8 Å². The van der Waals surface area contributed by atoms with Crippen LogP contribution in [-0.4, -0.2) is 17.3 Å². The van der Waals surface area contributed by atoms with Gasteiger partial charge in [-0.25, -0.2) is 4.79 Å². The van der Waals surface area contributed by atoms with Gasteiger partial charge in [0.1, 0.15) is 0 Å². The van der Waals surface area contributed by atoms with Crippen molar-refractivity contribution in [3.63, 3.8) is 0 Å². The van der Waals surface area contributed by atoms with E-state index in [1.807, 2.05) is 0 Å². The fraction of sp³-hybridized carbons (Fsp3) is 0.300. The maximum atomic E-state index is 11.9. The molecule has 0 fully saturated rings. The second kappa shape index (κ2) is 4.13. The summed E-state index contributed by atoms with van der Waals surface area (Å²) < 4.78 is 39.7. The number of carbonyl (C=O) groups excluding carboxylic acids is 1. The third-order valence-electron chi connectivity index (χ3n) is 1.83. The van der Waals surface area contributed by atoms with Crippen molar-refractivity contribution in [2.75, 3.05) is 0 Å². The molecule has 0 bridgehead atoms. The molecule has 0 aliphatic heterocycles. The van der Waals surface area contributed by atoms with Gasteiger partial charge in [0.25, 0.3) is 0 Å². The van der Waals surface area contributed by atoms with Crippen molar-refractivity contribution in [3.8, 4) is 0 Å². The molecule has 0 saturated carbocycles. The van der Waals surface area contributed by atoms with Crippen molar-refractivity contribution in [3.05, 3.63) is 35.9 Å². The first-order valence-corrected chi connectivity index (χ1v) is 4.31. The van der Waals surface area contributed by atoms with E-state index in [2.05, 4.69) is 4.74 Å². The third kappa shape index (κ3) is 2.96. The number of hydrogen-bond acceptors (Lipinski definition) is 3. The number of hydrogen-bond donors (Lipinski definition) is 1. The zero-order valence-corrected chi connectivity index (χ0v) is 8.28. The van der Waals surface area contributed by atoms with E-state index < -0.39 is 17.9 Å². The minimum atomic E-state index is -5.13. The Morgan fingerprint density at radius 3 is 2.19 bits per heavy atom. The molecule has 0 aromatic heterocycles. The molecule has 88 valence electrons. The van der Waals surface area contributed by atoms with Crippen molar-refractivity contribution >= 4 is 5.97 Å². The second-order valence-corrected chi connectivity index (χ2v) is 3.24. The van der Waals surface area contributed by atoms with E-state index in [0.717, 1.165) is 6.92 Å². The molecule has 0 saturated heterocycles. The van der Waals surface area contributed by atoms with Gasteiger partial charge in [0, 0.05) is 12.5 Å². The Balaban J connectivity index is 2.85. The highest BCUT2D eigenvalue weighted by atomic mass is 19.4. The average molecular weight is 234 g/mol. The molecule has 0 amide bonds. The Morgan fingerprint density at radius 2 is 1.75 bits per heavy atom. The van der Waals surface area contributed by atoms with Gasteiger partial charge in [-0.1, -0.05) is 30.3 Å². The van der Waals surface area contributed by atoms with Gasteiger partial charge < -0.3 is 9.84 Å². The van der Waals surface area contributed by atoms with Crippen LogP contribution in [0.1, 0.15) is 12.5 Å². The Morgan fingerprint density at radius 1 is 1.25 bits per heavy atom. The molecule has 0 spiro atoms. The number of rotatable bonds is 2. The first-order valence-electron chi connectivity index (χ1n) is 4.31. The SMILES string of the molecule is CC(O)(OC(=O)C(F)(F)F)c1ccccc1. The number of esters is 1. The number of halogens is 3. The summed E-state index contributed by atoms with van der Waals surface area (Å²) in [5.74, 6) is -4.73. The van der Waals surface area contributed by atoms with E-state index in [1.165, 1.54) is 24.3 Å². The molecule has 1 atom stereocenters. The maximum absolute atomic E-state index is 11.9. The predicted octanol–water partition coefficient (Wildman–Crippen LogP) is 1.96. The van der Waals surface area contributed by atoms with Gasteiger partial charge >= 0.3 is 12.1 Å². The molecule has 0 aliphatic rings. The smallest absolute Gasteiger partial charge is 0.422 e. The van der Waals surface area contributed by atoms with E-state index in [0.29, 0.717) is 0 Å². The Hall–Kier alpha value is -1.56. The topological polar surface area (TPSA) is 46.5 Å². The van der Waals surface area contributed by atoms with Crippen molar-refractivity contribution in [2.24, 2.45) is 0 Å². The molecule has 1 unspecified atom stereocenters. The summed E-state index contributed by atoms with van der Waals surface area (Å²) in [6, 6.07) is 7.33. The highest BCUT2D eigenvalue weighted by molar-refractivity contribution is 5.76. The highest BCUT2D eigenvalue weighted by Gasteiger charge is 2.45. The monoisotopic (exact) mass is 234 g/mol. The van der Waals surface area contributed by atoms with E-state index in [1.54, 1.807) is 6.07 Å². The minimum absolute atomic E-state index is 0.0626. The van der Waals surface area contributed by atoms with Crippen LogP contribution < -0.4 is 0 Å². The van der Waals surface area contributed by atoms with Crippen LogP contribution in [0.3, 0.4) is 0 Å². The van der Waals surface area contributed by atoms with E-state index in [-0.39, 0.29) is 5.56 Å². The lowest BCUT2D eigenvalue weighted by molar-refractivity contribution is -0.247. The molecule has 0 heterocycles. The molecule has 0 aliphatic carbocycles. The fourth-order valence-corrected chi connectivity index (χ4v) is 1.04. The summed E-state index contributed by atoms with van der Waals surface area (Å²) in [5.41, 5.74) is 0.0626. The summed E-state index contributed by atoms with van der Waals surface area (Å²) in [6.45, 7) is 0.964. The van der Waals surface area contributed by atoms with Crippen LogP contribution in [0, 0.1) is 0 Å². The number of aliphatic hydroxyl groups is 1. The van der Waals surface area contributed by atoms with Crippen molar-refractivity contribution in [2.45, 2.75) is 18.9 Å². The maximum Gasteiger partial charge on any atom is 0.491 e. The van der Waals surface area contributed by atoms with Crippen molar-refractivity contribution in [1.82, 2.24) is 0 Å². The van der Waals surface area contributed by atoms with Crippen LogP contribution in [-0.2, 0) is 15.3 Å². The quantitative estimate of drug-likeness (QED) is 0.628. The largest absolute Gasteiger partial charge is 0.491 e. The van der Waals surface area contributed by atoms with E-state index >= 15 is 0 Å². The van der Waals surface area contributed by atoms with Gasteiger partial charge in [0.2, 0.25) is 5.79 Å². The lowest BCUT2D eigenvalue weighted by atomic mass is 10.1. The van der Waals surface area contributed by atoms with E-state index in [4.69, 9.17) is 0 Å². The molecule has 16 heavy (non-hydrogen) atoms. The van der Waals surface area contributed by atoms with E-state index in [9.17, 15) is 23.1 Å². The second-order valence-electron chi connectivity index (χ2n) is 3.24.